The Balaban J connectivity index is 1.76. The monoisotopic (exact) mass is 409 g/mol. The first kappa shape index (κ1) is 19.6. The van der Waals surface area contributed by atoms with Gasteiger partial charge in [0, 0.05) is 37.2 Å². The molecular formula is C23H24ClN3O2. The van der Waals surface area contributed by atoms with Gasteiger partial charge in [0.2, 0.25) is 0 Å². The number of rotatable bonds is 5. The maximum Gasteiger partial charge on any atom is 0.318 e. The van der Waals surface area contributed by atoms with E-state index in [1.165, 1.54) is 0 Å². The van der Waals surface area contributed by atoms with Crippen LogP contribution in [0.15, 0.2) is 66.9 Å². The fourth-order valence-electron chi connectivity index (χ4n) is 3.85. The summed E-state index contributed by atoms with van der Waals surface area (Å²) in [6.45, 7) is 1.70. The van der Waals surface area contributed by atoms with Crippen molar-refractivity contribution in [3.63, 3.8) is 0 Å². The van der Waals surface area contributed by atoms with Crippen LogP contribution in [0.1, 0.15) is 29.3 Å². The lowest BCUT2D eigenvalue weighted by molar-refractivity contribution is 0.174. The number of nitrogens with one attached hydrogen (secondary N) is 1. The van der Waals surface area contributed by atoms with Gasteiger partial charge in [-0.2, -0.15) is 0 Å². The van der Waals surface area contributed by atoms with Crippen LogP contribution in [0.2, 0.25) is 5.02 Å². The first-order valence-electron chi connectivity index (χ1n) is 9.73. The normalized spacial score (nSPS) is 15.4. The number of carbonyl (C=O) groups excluding carboxylic acids is 1. The molecule has 2 aromatic carbocycles. The predicted octanol–water partition coefficient (Wildman–Crippen LogP) is 4.78. The van der Waals surface area contributed by atoms with Gasteiger partial charge in [-0.15, -0.1) is 0 Å². The Labute approximate surface area is 175 Å². The lowest BCUT2D eigenvalue weighted by atomic mass is 10.0. The number of fused-ring (bicyclic) bond motifs is 3. The molecule has 1 aliphatic heterocycles. The first-order chi connectivity index (χ1) is 14.2. The van der Waals surface area contributed by atoms with Crippen LogP contribution in [0.4, 0.5) is 4.79 Å². The largest absolute Gasteiger partial charge is 0.385 e. The molecule has 0 spiro atoms. The molecule has 0 fully saturated rings. The van der Waals surface area contributed by atoms with Crippen LogP contribution in [0.5, 0.6) is 0 Å². The van der Waals surface area contributed by atoms with Gasteiger partial charge in [0.05, 0.1) is 18.3 Å². The van der Waals surface area contributed by atoms with Crippen molar-refractivity contribution in [1.29, 1.82) is 0 Å². The minimum Gasteiger partial charge on any atom is -0.385 e. The lowest BCUT2D eigenvalue weighted by Gasteiger charge is -2.31. The van der Waals surface area contributed by atoms with E-state index in [2.05, 4.69) is 34.3 Å². The zero-order chi connectivity index (χ0) is 20.2. The molecule has 150 valence electrons. The van der Waals surface area contributed by atoms with Crippen molar-refractivity contribution in [3.05, 3.63) is 88.7 Å². The highest BCUT2D eigenvalue weighted by molar-refractivity contribution is 6.30. The van der Waals surface area contributed by atoms with Gasteiger partial charge in [-0.25, -0.2) is 4.79 Å². The van der Waals surface area contributed by atoms with E-state index in [4.69, 9.17) is 16.3 Å². The molecule has 1 N–H and O–H groups in total. The van der Waals surface area contributed by atoms with Crippen LogP contribution in [0.25, 0.3) is 5.69 Å². The van der Waals surface area contributed by atoms with E-state index in [9.17, 15) is 4.79 Å². The molecule has 0 saturated heterocycles. The smallest absolute Gasteiger partial charge is 0.318 e. The summed E-state index contributed by atoms with van der Waals surface area (Å²) in [4.78, 5) is 15.1. The number of amides is 2. The maximum absolute atomic E-state index is 13.2. The minimum absolute atomic E-state index is 0.0921. The molecule has 29 heavy (non-hydrogen) atoms. The molecule has 0 bridgehead atoms. The van der Waals surface area contributed by atoms with E-state index in [0.29, 0.717) is 24.7 Å². The summed E-state index contributed by atoms with van der Waals surface area (Å²) in [6.07, 6.45) is 2.83. The molecule has 1 aromatic heterocycles. The van der Waals surface area contributed by atoms with Crippen molar-refractivity contribution < 1.29 is 9.53 Å². The number of hydrogen-bond donors (Lipinski definition) is 1. The van der Waals surface area contributed by atoms with Gasteiger partial charge in [0.1, 0.15) is 0 Å². The van der Waals surface area contributed by atoms with E-state index < -0.39 is 0 Å². The molecule has 6 heteroatoms. The molecule has 2 amide bonds. The Morgan fingerprint density at radius 2 is 1.93 bits per heavy atom. The van der Waals surface area contributed by atoms with Crippen LogP contribution < -0.4 is 5.32 Å². The lowest BCUT2D eigenvalue weighted by Crippen LogP contribution is -2.42. The summed E-state index contributed by atoms with van der Waals surface area (Å²) < 4.78 is 7.27. The Kier molecular flexibility index (Phi) is 5.88. The second kappa shape index (κ2) is 8.72. The highest BCUT2D eigenvalue weighted by Gasteiger charge is 2.32. The number of benzene rings is 2. The van der Waals surface area contributed by atoms with Gasteiger partial charge in [-0.05, 0) is 47.9 Å². The molecule has 0 saturated carbocycles. The fraction of sp³-hybridized carbons (Fsp3) is 0.261. The van der Waals surface area contributed by atoms with Gasteiger partial charge in [0.25, 0.3) is 0 Å². The van der Waals surface area contributed by atoms with E-state index in [-0.39, 0.29) is 12.1 Å². The second-order valence-corrected chi connectivity index (χ2v) is 7.53. The van der Waals surface area contributed by atoms with Crippen molar-refractivity contribution in [2.75, 3.05) is 20.3 Å². The average Bonchev–Trinajstić information content (AvgIpc) is 3.16. The molecule has 0 aliphatic carbocycles. The fourth-order valence-corrected chi connectivity index (χ4v) is 3.97. The number of methoxy groups -OCH3 is 1. The Morgan fingerprint density at radius 1 is 1.14 bits per heavy atom. The number of urea groups is 1. The Morgan fingerprint density at radius 3 is 2.72 bits per heavy atom. The predicted molar refractivity (Wildman–Crippen MR) is 114 cm³/mol. The molecule has 5 nitrogen and oxygen atoms in total. The summed E-state index contributed by atoms with van der Waals surface area (Å²) >= 11 is 6.12. The number of ether oxygens (including phenoxy) is 1. The van der Waals surface area contributed by atoms with E-state index in [1.807, 2.05) is 47.4 Å². The van der Waals surface area contributed by atoms with Crippen molar-refractivity contribution >= 4 is 17.6 Å². The highest BCUT2D eigenvalue weighted by Crippen LogP contribution is 2.36. The topological polar surface area (TPSA) is 46.5 Å². The van der Waals surface area contributed by atoms with Gasteiger partial charge < -0.3 is 19.5 Å². The van der Waals surface area contributed by atoms with Crippen molar-refractivity contribution in [2.45, 2.75) is 19.0 Å². The van der Waals surface area contributed by atoms with Crippen molar-refractivity contribution in [3.8, 4) is 5.69 Å². The molecule has 0 radical (unpaired) electrons. The molecule has 4 rings (SSSR count). The van der Waals surface area contributed by atoms with Crippen LogP contribution in [0, 0.1) is 0 Å². The van der Waals surface area contributed by atoms with E-state index in [0.717, 1.165) is 28.9 Å². The van der Waals surface area contributed by atoms with Gasteiger partial charge >= 0.3 is 6.03 Å². The summed E-state index contributed by atoms with van der Waals surface area (Å²) in [6, 6.07) is 19.7. The molecule has 2 heterocycles. The average molecular weight is 410 g/mol. The van der Waals surface area contributed by atoms with Crippen molar-refractivity contribution in [2.24, 2.45) is 0 Å². The van der Waals surface area contributed by atoms with Crippen LogP contribution >= 0.6 is 11.6 Å². The standard InChI is InChI=1S/C23H24ClN3O2/c1-29-15-5-13-25-23(28)27-16-18-6-2-3-7-20(18)26-14-4-8-21(26)22(27)17-9-11-19(24)12-10-17/h2-4,6-12,14,22H,5,13,15-16H2,1H3,(H,25,28)/t22-/m0/s1. The first-order valence-corrected chi connectivity index (χ1v) is 10.1. The van der Waals surface area contributed by atoms with Crippen LogP contribution in [0.3, 0.4) is 0 Å². The SMILES string of the molecule is COCCCNC(=O)N1Cc2ccccc2-n2cccc2[C@@H]1c1ccc(Cl)cc1. The summed E-state index contributed by atoms with van der Waals surface area (Å²) in [5, 5.41) is 3.73. The molecule has 3 aromatic rings. The summed E-state index contributed by atoms with van der Waals surface area (Å²) in [5.74, 6) is 0. The third-order valence-corrected chi connectivity index (χ3v) is 5.46. The van der Waals surface area contributed by atoms with Crippen LogP contribution in [-0.4, -0.2) is 35.8 Å². The third-order valence-electron chi connectivity index (χ3n) is 5.21. The number of carbonyl (C=O) groups is 1. The molecular weight excluding hydrogens is 386 g/mol. The minimum atomic E-state index is -0.225. The number of para-hydroxylation sites is 1. The van der Waals surface area contributed by atoms with E-state index in [1.54, 1.807) is 7.11 Å². The number of aromatic nitrogens is 1. The zero-order valence-corrected chi connectivity index (χ0v) is 17.1. The Bertz CT molecular complexity index is 984. The molecule has 0 unspecified atom stereocenters. The quantitative estimate of drug-likeness (QED) is 0.616. The number of halogens is 1. The van der Waals surface area contributed by atoms with E-state index >= 15 is 0 Å². The maximum atomic E-state index is 13.2. The second-order valence-electron chi connectivity index (χ2n) is 7.09. The third kappa shape index (κ3) is 4.02. The number of nitrogens with zero attached hydrogens (tertiary/aromatic N) is 2. The van der Waals surface area contributed by atoms with Crippen molar-refractivity contribution in [1.82, 2.24) is 14.8 Å². The van der Waals surface area contributed by atoms with Gasteiger partial charge in [-0.1, -0.05) is 41.9 Å². The van der Waals surface area contributed by atoms with Crippen LogP contribution in [-0.2, 0) is 11.3 Å². The van der Waals surface area contributed by atoms with Gasteiger partial charge in [-0.3, -0.25) is 0 Å². The molecule has 1 atom stereocenters. The zero-order valence-electron chi connectivity index (χ0n) is 16.3. The molecule has 1 aliphatic rings. The van der Waals surface area contributed by atoms with Gasteiger partial charge in [0.15, 0.2) is 0 Å². The Hall–Kier alpha value is -2.76. The summed E-state index contributed by atoms with van der Waals surface area (Å²) in [5.41, 5.74) is 4.27. The number of hydrogen-bond acceptors (Lipinski definition) is 2. The highest BCUT2D eigenvalue weighted by atomic mass is 35.5. The summed E-state index contributed by atoms with van der Waals surface area (Å²) in [7, 11) is 1.66.